The van der Waals surface area contributed by atoms with Gasteiger partial charge in [-0.2, -0.15) is 0 Å². The molecule has 5 aliphatic rings. The lowest BCUT2D eigenvalue weighted by Crippen LogP contribution is -2.74. The van der Waals surface area contributed by atoms with E-state index in [4.69, 9.17) is 10.5 Å². The van der Waals surface area contributed by atoms with Gasteiger partial charge in [-0.1, -0.05) is 19.3 Å². The predicted molar refractivity (Wildman–Crippen MR) is 144 cm³/mol. The zero-order valence-electron chi connectivity index (χ0n) is 23.2. The summed E-state index contributed by atoms with van der Waals surface area (Å²) in [6, 6.07) is 0.161. The van der Waals surface area contributed by atoms with Gasteiger partial charge in [-0.25, -0.2) is 0 Å². The van der Waals surface area contributed by atoms with E-state index in [0.29, 0.717) is 24.4 Å². The van der Waals surface area contributed by atoms with E-state index in [1.54, 1.807) is 0 Å². The van der Waals surface area contributed by atoms with Crippen molar-refractivity contribution in [2.24, 2.45) is 29.4 Å². The number of ether oxygens (including phenoxy) is 1. The van der Waals surface area contributed by atoms with E-state index in [2.05, 4.69) is 22.5 Å². The van der Waals surface area contributed by atoms with Gasteiger partial charge >= 0.3 is 0 Å². The monoisotopic (exact) mass is 517 g/mol. The molecule has 5 fully saturated rings. The van der Waals surface area contributed by atoms with Gasteiger partial charge in [0.25, 0.3) is 0 Å². The average Bonchev–Trinajstić information content (AvgIpc) is 2.93. The second-order valence-electron chi connectivity index (χ2n) is 12.7. The van der Waals surface area contributed by atoms with Crippen molar-refractivity contribution in [3.63, 3.8) is 0 Å². The average molecular weight is 518 g/mol. The summed E-state index contributed by atoms with van der Waals surface area (Å²) < 4.78 is 5.57. The largest absolute Gasteiger partial charge is 0.381 e. The minimum atomic E-state index is -0.370. The Bertz CT molecular complexity index is 782. The molecule has 2 saturated carbocycles. The van der Waals surface area contributed by atoms with Crippen LogP contribution in [0.15, 0.2) is 0 Å². The molecular formula is C29H51N5O3. The Hall–Kier alpha value is -1.22. The van der Waals surface area contributed by atoms with Gasteiger partial charge in [0.05, 0.1) is 36.4 Å². The number of methoxy groups -OCH3 is 1. The summed E-state index contributed by atoms with van der Waals surface area (Å²) in [4.78, 5) is 31.7. The van der Waals surface area contributed by atoms with E-state index in [1.807, 2.05) is 12.0 Å². The summed E-state index contributed by atoms with van der Waals surface area (Å²) in [5, 5.41) is 7.17. The Balaban J connectivity index is 1.29. The van der Waals surface area contributed by atoms with Crippen LogP contribution in [0, 0.1) is 23.7 Å². The van der Waals surface area contributed by atoms with E-state index in [0.717, 1.165) is 51.6 Å². The molecule has 3 aliphatic heterocycles. The van der Waals surface area contributed by atoms with Crippen molar-refractivity contribution < 1.29 is 14.3 Å². The summed E-state index contributed by atoms with van der Waals surface area (Å²) in [5.74, 6) is 0.911. The number of carbonyl (C=O) groups excluding carboxylic acids is 2. The minimum absolute atomic E-state index is 0.0446. The molecule has 4 N–H and O–H groups in total. The van der Waals surface area contributed by atoms with Crippen molar-refractivity contribution >= 4 is 11.8 Å². The van der Waals surface area contributed by atoms with Crippen LogP contribution in [0.3, 0.4) is 0 Å². The van der Waals surface area contributed by atoms with Crippen LogP contribution < -0.4 is 16.4 Å². The molecule has 6 atom stereocenters. The first-order chi connectivity index (χ1) is 18.0. The van der Waals surface area contributed by atoms with Crippen molar-refractivity contribution in [3.05, 3.63) is 0 Å². The smallest absolute Gasteiger partial charge is 0.229 e. The third-order valence-corrected chi connectivity index (χ3v) is 10.5. The summed E-state index contributed by atoms with van der Waals surface area (Å²) in [7, 11) is 1.82. The maximum absolute atomic E-state index is 13.7. The zero-order valence-corrected chi connectivity index (χ0v) is 23.2. The summed E-state index contributed by atoms with van der Waals surface area (Å²) in [6.07, 6.45) is 15.7. The number of nitrogens with one attached hydrogen (secondary N) is 2. The predicted octanol–water partition coefficient (Wildman–Crippen LogP) is 3.16. The van der Waals surface area contributed by atoms with E-state index in [1.165, 1.54) is 44.9 Å². The number of hydrogen-bond donors (Lipinski definition) is 3. The fourth-order valence-corrected chi connectivity index (χ4v) is 8.04. The van der Waals surface area contributed by atoms with Gasteiger partial charge in [-0.05, 0) is 89.4 Å². The molecule has 8 nitrogen and oxygen atoms in total. The molecule has 5 rings (SSSR count). The molecule has 0 radical (unpaired) electrons. The summed E-state index contributed by atoms with van der Waals surface area (Å²) >= 11 is 0. The number of likely N-dealkylation sites (tertiary alicyclic amines) is 1. The van der Waals surface area contributed by atoms with Gasteiger partial charge in [-0.15, -0.1) is 0 Å². The first-order valence-corrected chi connectivity index (χ1v) is 15.4. The SMILES string of the molecule is COC1CCC(CCN2C(N)C(C(=O)N[C@H](C)C3CCCCC3)CC3C(=O)N4CCCCC4NC32)CC1. The quantitative estimate of drug-likeness (QED) is 0.480. The topological polar surface area (TPSA) is 99.9 Å². The normalized spacial score (nSPS) is 38.5. The van der Waals surface area contributed by atoms with Crippen LogP contribution in [0.2, 0.25) is 0 Å². The highest BCUT2D eigenvalue weighted by Crippen LogP contribution is 2.38. The molecule has 8 heteroatoms. The van der Waals surface area contributed by atoms with Crippen molar-refractivity contribution in [2.45, 2.75) is 127 Å². The van der Waals surface area contributed by atoms with Crippen LogP contribution >= 0.6 is 0 Å². The first kappa shape index (κ1) is 27.4. The Morgan fingerprint density at radius 3 is 2.54 bits per heavy atom. The molecule has 0 spiro atoms. The van der Waals surface area contributed by atoms with Gasteiger partial charge in [0.2, 0.25) is 11.8 Å². The van der Waals surface area contributed by atoms with Crippen LogP contribution in [0.4, 0.5) is 0 Å². The van der Waals surface area contributed by atoms with Crippen molar-refractivity contribution in [3.8, 4) is 0 Å². The molecule has 210 valence electrons. The third-order valence-electron chi connectivity index (χ3n) is 10.5. The molecule has 5 unspecified atom stereocenters. The number of piperidine rings is 2. The molecule has 0 aromatic heterocycles. The number of hydrogen-bond acceptors (Lipinski definition) is 6. The summed E-state index contributed by atoms with van der Waals surface area (Å²) in [5.41, 5.74) is 6.94. The second-order valence-corrected chi connectivity index (χ2v) is 12.7. The Kier molecular flexibility index (Phi) is 9.10. The molecule has 0 aromatic rings. The lowest BCUT2D eigenvalue weighted by atomic mass is 9.79. The first-order valence-electron chi connectivity index (χ1n) is 15.4. The van der Waals surface area contributed by atoms with E-state index < -0.39 is 0 Å². The second kappa shape index (κ2) is 12.3. The van der Waals surface area contributed by atoms with Gasteiger partial charge < -0.3 is 20.7 Å². The van der Waals surface area contributed by atoms with Crippen LogP contribution in [0.5, 0.6) is 0 Å². The molecule has 3 saturated heterocycles. The standard InChI is InChI=1S/C29H51N5O3/c1-19(21-8-4-3-5-9-21)31-28(35)23-18-24-27(32-25-10-6-7-16-33(25)29(24)36)34(26(23)30)17-15-20-11-13-22(37-2)14-12-20/h19-27,32H,3-18,30H2,1-2H3,(H,31,35)/t19-,20?,22?,23?,24?,25?,26?,27?/m1/s1. The molecule has 2 amide bonds. The van der Waals surface area contributed by atoms with Crippen molar-refractivity contribution in [1.29, 1.82) is 0 Å². The number of carbonyl (C=O) groups is 2. The minimum Gasteiger partial charge on any atom is -0.381 e. The molecule has 3 heterocycles. The fourth-order valence-electron chi connectivity index (χ4n) is 8.04. The highest BCUT2D eigenvalue weighted by molar-refractivity contribution is 5.84. The Labute approximate surface area is 223 Å². The highest BCUT2D eigenvalue weighted by Gasteiger charge is 2.52. The molecule has 0 bridgehead atoms. The number of fused-ring (bicyclic) bond motifs is 2. The molecular weight excluding hydrogens is 466 g/mol. The Morgan fingerprint density at radius 2 is 1.81 bits per heavy atom. The van der Waals surface area contributed by atoms with Gasteiger partial charge in [0.15, 0.2) is 0 Å². The lowest BCUT2D eigenvalue weighted by Gasteiger charge is -2.55. The molecule has 2 aliphatic carbocycles. The van der Waals surface area contributed by atoms with Gasteiger partial charge in [0, 0.05) is 26.2 Å². The maximum atomic E-state index is 13.7. The lowest BCUT2D eigenvalue weighted by molar-refractivity contribution is -0.163. The van der Waals surface area contributed by atoms with E-state index >= 15 is 0 Å². The van der Waals surface area contributed by atoms with E-state index in [9.17, 15) is 9.59 Å². The highest BCUT2D eigenvalue weighted by atomic mass is 16.5. The number of nitrogens with two attached hydrogens (primary N) is 1. The third kappa shape index (κ3) is 6.02. The summed E-state index contributed by atoms with van der Waals surface area (Å²) in [6.45, 7) is 3.81. The van der Waals surface area contributed by atoms with Crippen LogP contribution in [-0.4, -0.2) is 72.5 Å². The van der Waals surface area contributed by atoms with Gasteiger partial charge in [-0.3, -0.25) is 19.8 Å². The van der Waals surface area contributed by atoms with Crippen LogP contribution in [-0.2, 0) is 14.3 Å². The van der Waals surface area contributed by atoms with E-state index in [-0.39, 0.29) is 48.2 Å². The number of amides is 2. The number of nitrogens with zero attached hydrogens (tertiary/aromatic N) is 2. The number of rotatable bonds is 7. The van der Waals surface area contributed by atoms with Crippen LogP contribution in [0.25, 0.3) is 0 Å². The van der Waals surface area contributed by atoms with Crippen molar-refractivity contribution in [1.82, 2.24) is 20.4 Å². The fraction of sp³-hybridized carbons (Fsp3) is 0.931. The zero-order chi connectivity index (χ0) is 25.9. The van der Waals surface area contributed by atoms with Crippen molar-refractivity contribution in [2.75, 3.05) is 20.2 Å². The van der Waals surface area contributed by atoms with Gasteiger partial charge in [0.1, 0.15) is 0 Å². The Morgan fingerprint density at radius 1 is 1.08 bits per heavy atom. The maximum Gasteiger partial charge on any atom is 0.229 e. The molecule has 37 heavy (non-hydrogen) atoms. The molecule has 0 aromatic carbocycles. The van der Waals surface area contributed by atoms with Crippen LogP contribution in [0.1, 0.15) is 96.8 Å².